The van der Waals surface area contributed by atoms with Crippen molar-refractivity contribution < 1.29 is 4.79 Å². The van der Waals surface area contributed by atoms with Crippen molar-refractivity contribution in [2.24, 2.45) is 0 Å². The third-order valence-electron chi connectivity index (χ3n) is 3.51. The monoisotopic (exact) mass is 264 g/mol. The fraction of sp³-hybridized carbons (Fsp3) is 0.176. The number of Topliss-reactive ketones (excluding diaryl/α,β-unsaturated/α-hetero) is 1. The van der Waals surface area contributed by atoms with E-state index >= 15 is 0 Å². The maximum atomic E-state index is 12.3. The fourth-order valence-electron chi connectivity index (χ4n) is 2.40. The summed E-state index contributed by atoms with van der Waals surface area (Å²) in [5.41, 5.74) is 1.75. The van der Waals surface area contributed by atoms with Crippen molar-refractivity contribution in [3.05, 3.63) is 66.0 Å². The number of fused-ring (bicyclic) bond motifs is 1. The first-order chi connectivity index (χ1) is 9.78. The second-order valence-electron chi connectivity index (χ2n) is 4.82. The smallest absolute Gasteiger partial charge is 0.170 e. The van der Waals surface area contributed by atoms with Gasteiger partial charge in [-0.05, 0) is 23.3 Å². The summed E-state index contributed by atoms with van der Waals surface area (Å²) < 4.78 is 1.77. The number of carbonyl (C=O) groups excluding carboxylic acids is 1. The summed E-state index contributed by atoms with van der Waals surface area (Å²) in [7, 11) is 0. The van der Waals surface area contributed by atoms with E-state index in [2.05, 4.69) is 23.3 Å². The van der Waals surface area contributed by atoms with Crippen LogP contribution in [0.15, 0.2) is 54.9 Å². The molecule has 0 bridgehead atoms. The number of hydrogen-bond donors (Lipinski definition) is 0. The van der Waals surface area contributed by atoms with Gasteiger partial charge in [0.1, 0.15) is 0 Å². The Kier molecular flexibility index (Phi) is 3.33. The summed E-state index contributed by atoms with van der Waals surface area (Å²) in [6.07, 6.45) is 3.88. The van der Waals surface area contributed by atoms with E-state index in [-0.39, 0.29) is 5.78 Å². The molecule has 100 valence electrons. The number of ketones is 1. The van der Waals surface area contributed by atoms with Crippen LogP contribution in [0, 0.1) is 0 Å². The van der Waals surface area contributed by atoms with Crippen LogP contribution in [0.5, 0.6) is 0 Å². The molecule has 0 atom stereocenters. The Bertz CT molecular complexity index is 753. The van der Waals surface area contributed by atoms with Crippen molar-refractivity contribution in [2.45, 2.75) is 19.9 Å². The van der Waals surface area contributed by atoms with E-state index in [1.165, 1.54) is 5.39 Å². The maximum absolute atomic E-state index is 12.3. The summed E-state index contributed by atoms with van der Waals surface area (Å²) in [4.78, 5) is 12.3. The summed E-state index contributed by atoms with van der Waals surface area (Å²) in [6, 6.07) is 14.2. The van der Waals surface area contributed by atoms with Crippen LogP contribution in [-0.4, -0.2) is 15.6 Å². The zero-order valence-electron chi connectivity index (χ0n) is 11.4. The number of benzene rings is 2. The van der Waals surface area contributed by atoms with Crippen molar-refractivity contribution in [3.8, 4) is 0 Å². The molecule has 20 heavy (non-hydrogen) atoms. The van der Waals surface area contributed by atoms with Crippen LogP contribution < -0.4 is 0 Å². The van der Waals surface area contributed by atoms with E-state index in [1.54, 1.807) is 10.9 Å². The standard InChI is InChI=1S/C17H16N2O/c1-2-19-12-15(11-18-19)17(20)10-14-8-5-7-13-6-3-4-9-16(13)14/h3-9,11-12H,2,10H2,1H3. The zero-order valence-corrected chi connectivity index (χ0v) is 11.4. The number of nitrogens with zero attached hydrogens (tertiary/aromatic N) is 2. The highest BCUT2D eigenvalue weighted by molar-refractivity contribution is 5.99. The molecule has 0 aliphatic rings. The Labute approximate surface area is 117 Å². The van der Waals surface area contributed by atoms with Gasteiger partial charge in [0.25, 0.3) is 0 Å². The Hall–Kier alpha value is -2.42. The lowest BCUT2D eigenvalue weighted by Gasteiger charge is -2.05. The third-order valence-corrected chi connectivity index (χ3v) is 3.51. The molecule has 0 fully saturated rings. The number of carbonyl (C=O) groups is 1. The molecule has 1 aromatic heterocycles. The van der Waals surface area contributed by atoms with Crippen molar-refractivity contribution in [3.63, 3.8) is 0 Å². The molecule has 0 saturated heterocycles. The molecule has 0 aliphatic heterocycles. The Balaban J connectivity index is 1.91. The lowest BCUT2D eigenvalue weighted by molar-refractivity contribution is 0.0993. The minimum absolute atomic E-state index is 0.112. The van der Waals surface area contributed by atoms with Gasteiger partial charge >= 0.3 is 0 Å². The molecule has 0 aliphatic carbocycles. The van der Waals surface area contributed by atoms with Crippen molar-refractivity contribution >= 4 is 16.6 Å². The van der Waals surface area contributed by atoms with E-state index in [0.717, 1.165) is 17.5 Å². The SMILES string of the molecule is CCn1cc(C(=O)Cc2cccc3ccccc23)cn1. The predicted octanol–water partition coefficient (Wildman–Crippen LogP) is 3.48. The second kappa shape index (κ2) is 5.29. The van der Waals surface area contributed by atoms with Crippen LogP contribution in [-0.2, 0) is 13.0 Å². The van der Waals surface area contributed by atoms with E-state index in [1.807, 2.05) is 37.4 Å². The third kappa shape index (κ3) is 2.35. The predicted molar refractivity (Wildman–Crippen MR) is 79.9 cm³/mol. The van der Waals surface area contributed by atoms with Crippen molar-refractivity contribution in [1.82, 2.24) is 9.78 Å². The summed E-state index contributed by atoms with van der Waals surface area (Å²) >= 11 is 0. The van der Waals surface area contributed by atoms with Gasteiger partial charge in [0, 0.05) is 19.2 Å². The molecule has 0 N–H and O–H groups in total. The maximum Gasteiger partial charge on any atom is 0.170 e. The highest BCUT2D eigenvalue weighted by atomic mass is 16.1. The average molecular weight is 264 g/mol. The Morgan fingerprint density at radius 1 is 1.15 bits per heavy atom. The molecule has 0 spiro atoms. The van der Waals surface area contributed by atoms with Crippen LogP contribution >= 0.6 is 0 Å². The Morgan fingerprint density at radius 3 is 2.75 bits per heavy atom. The highest BCUT2D eigenvalue weighted by Gasteiger charge is 2.11. The lowest BCUT2D eigenvalue weighted by atomic mass is 9.99. The average Bonchev–Trinajstić information content (AvgIpc) is 2.97. The van der Waals surface area contributed by atoms with Gasteiger partial charge in [0.15, 0.2) is 5.78 Å². The van der Waals surface area contributed by atoms with Crippen molar-refractivity contribution in [1.29, 1.82) is 0 Å². The zero-order chi connectivity index (χ0) is 13.9. The molecule has 3 nitrogen and oxygen atoms in total. The first-order valence-corrected chi connectivity index (χ1v) is 6.80. The molecule has 0 saturated carbocycles. The molecule has 3 aromatic rings. The minimum Gasteiger partial charge on any atom is -0.294 e. The molecular formula is C17H16N2O. The van der Waals surface area contributed by atoms with Crippen LogP contribution in [0.2, 0.25) is 0 Å². The van der Waals surface area contributed by atoms with E-state index in [9.17, 15) is 4.79 Å². The van der Waals surface area contributed by atoms with Crippen LogP contribution in [0.25, 0.3) is 10.8 Å². The quantitative estimate of drug-likeness (QED) is 0.676. The molecule has 2 aromatic carbocycles. The van der Waals surface area contributed by atoms with E-state index in [0.29, 0.717) is 12.0 Å². The van der Waals surface area contributed by atoms with Gasteiger partial charge in [-0.1, -0.05) is 42.5 Å². The summed E-state index contributed by atoms with van der Waals surface area (Å²) in [6.45, 7) is 2.79. The molecular weight excluding hydrogens is 248 g/mol. The first kappa shape index (κ1) is 12.6. The number of hydrogen-bond acceptors (Lipinski definition) is 2. The van der Waals surface area contributed by atoms with Crippen LogP contribution in [0.1, 0.15) is 22.8 Å². The summed E-state index contributed by atoms with van der Waals surface area (Å²) in [5, 5.41) is 6.47. The molecule has 3 heteroatoms. The van der Waals surface area contributed by atoms with Gasteiger partial charge in [-0.25, -0.2) is 0 Å². The molecule has 0 radical (unpaired) electrons. The van der Waals surface area contributed by atoms with Crippen molar-refractivity contribution in [2.75, 3.05) is 0 Å². The number of aromatic nitrogens is 2. The fourth-order valence-corrected chi connectivity index (χ4v) is 2.40. The van der Waals surface area contributed by atoms with Gasteiger partial charge in [0.2, 0.25) is 0 Å². The van der Waals surface area contributed by atoms with Gasteiger partial charge in [-0.3, -0.25) is 9.48 Å². The minimum atomic E-state index is 0.112. The first-order valence-electron chi connectivity index (χ1n) is 6.80. The molecule has 0 amide bonds. The normalized spacial score (nSPS) is 10.8. The lowest BCUT2D eigenvalue weighted by Crippen LogP contribution is -2.03. The highest BCUT2D eigenvalue weighted by Crippen LogP contribution is 2.20. The van der Waals surface area contributed by atoms with Gasteiger partial charge < -0.3 is 0 Å². The summed E-state index contributed by atoms with van der Waals surface area (Å²) in [5.74, 6) is 0.112. The van der Waals surface area contributed by atoms with Gasteiger partial charge in [-0.15, -0.1) is 0 Å². The second-order valence-corrected chi connectivity index (χ2v) is 4.82. The van der Waals surface area contributed by atoms with E-state index < -0.39 is 0 Å². The number of rotatable bonds is 4. The van der Waals surface area contributed by atoms with Crippen LogP contribution in [0.3, 0.4) is 0 Å². The van der Waals surface area contributed by atoms with Gasteiger partial charge in [-0.2, -0.15) is 5.10 Å². The topological polar surface area (TPSA) is 34.9 Å². The van der Waals surface area contributed by atoms with Gasteiger partial charge in [0.05, 0.1) is 11.8 Å². The van der Waals surface area contributed by atoms with E-state index in [4.69, 9.17) is 0 Å². The van der Waals surface area contributed by atoms with Crippen LogP contribution in [0.4, 0.5) is 0 Å². The molecule has 3 rings (SSSR count). The Morgan fingerprint density at radius 2 is 1.95 bits per heavy atom. The molecule has 1 heterocycles. The largest absolute Gasteiger partial charge is 0.294 e. The molecule has 0 unspecified atom stereocenters. The number of aryl methyl sites for hydroxylation is 1.